The molecule has 1 amide bonds. The van der Waals surface area contributed by atoms with Crippen LogP contribution in [0.1, 0.15) is 59.3 Å². The van der Waals surface area contributed by atoms with E-state index < -0.39 is 0 Å². The molecule has 2 aliphatic rings. The number of carbonyl (C=O) groups is 1. The van der Waals surface area contributed by atoms with E-state index in [4.69, 9.17) is 0 Å². The summed E-state index contributed by atoms with van der Waals surface area (Å²) in [4.78, 5) is 11.7. The van der Waals surface area contributed by atoms with Gasteiger partial charge >= 0.3 is 0 Å². The first-order valence-electron chi connectivity index (χ1n) is 6.33. The molecule has 2 heteroatoms. The molecule has 1 N–H and O–H groups in total. The largest absolute Gasteiger partial charge is 0.351 e. The van der Waals surface area contributed by atoms with E-state index in [-0.39, 0.29) is 16.9 Å². The highest BCUT2D eigenvalue weighted by molar-refractivity contribution is 5.81. The van der Waals surface area contributed by atoms with Crippen LogP contribution >= 0.6 is 0 Å². The minimum atomic E-state index is 0.00514. The smallest absolute Gasteiger partial charge is 0.221 e. The van der Waals surface area contributed by atoms with Crippen LogP contribution in [0.3, 0.4) is 0 Å². The van der Waals surface area contributed by atoms with Crippen LogP contribution in [0.2, 0.25) is 0 Å². The molecule has 1 heterocycles. The first kappa shape index (κ1) is 11.0. The summed E-state index contributed by atoms with van der Waals surface area (Å²) >= 11 is 0. The Morgan fingerprint density at radius 3 is 2.67 bits per heavy atom. The lowest BCUT2D eigenvalue weighted by molar-refractivity contribution is -0.120. The van der Waals surface area contributed by atoms with Crippen molar-refractivity contribution in [2.24, 2.45) is 11.3 Å². The van der Waals surface area contributed by atoms with Crippen molar-refractivity contribution in [3.63, 3.8) is 0 Å². The van der Waals surface area contributed by atoms with Gasteiger partial charge in [-0.1, -0.05) is 26.2 Å². The van der Waals surface area contributed by atoms with Gasteiger partial charge in [-0.2, -0.15) is 0 Å². The molecule has 15 heavy (non-hydrogen) atoms. The summed E-state index contributed by atoms with van der Waals surface area (Å²) in [7, 11) is 0. The van der Waals surface area contributed by atoms with E-state index in [9.17, 15) is 4.79 Å². The SMILES string of the molecule is CCC1CCCCC12CC(=O)NC2(C)C. The Balaban J connectivity index is 2.33. The van der Waals surface area contributed by atoms with Gasteiger partial charge in [0.1, 0.15) is 0 Å². The van der Waals surface area contributed by atoms with Gasteiger partial charge in [-0.3, -0.25) is 4.79 Å². The normalized spacial score (nSPS) is 39.4. The van der Waals surface area contributed by atoms with Gasteiger partial charge in [0, 0.05) is 17.4 Å². The second kappa shape index (κ2) is 3.50. The van der Waals surface area contributed by atoms with Crippen LogP contribution in [-0.4, -0.2) is 11.4 Å². The Morgan fingerprint density at radius 1 is 1.40 bits per heavy atom. The van der Waals surface area contributed by atoms with E-state index >= 15 is 0 Å². The van der Waals surface area contributed by atoms with Crippen LogP contribution in [0.25, 0.3) is 0 Å². The molecule has 2 fully saturated rings. The zero-order valence-corrected chi connectivity index (χ0v) is 10.2. The lowest BCUT2D eigenvalue weighted by Crippen LogP contribution is -2.52. The van der Waals surface area contributed by atoms with Crippen LogP contribution in [0.4, 0.5) is 0 Å². The van der Waals surface area contributed by atoms with E-state index in [2.05, 4.69) is 26.1 Å². The molecule has 2 nitrogen and oxygen atoms in total. The van der Waals surface area contributed by atoms with Crippen molar-refractivity contribution < 1.29 is 4.79 Å². The van der Waals surface area contributed by atoms with E-state index in [1.54, 1.807) is 0 Å². The number of nitrogens with one attached hydrogen (secondary N) is 1. The fourth-order valence-corrected chi connectivity index (χ4v) is 3.99. The molecule has 0 aromatic rings. The number of amides is 1. The van der Waals surface area contributed by atoms with Crippen molar-refractivity contribution in [2.75, 3.05) is 0 Å². The third-order valence-electron chi connectivity index (χ3n) is 4.87. The molecule has 1 saturated heterocycles. The van der Waals surface area contributed by atoms with Gasteiger partial charge in [-0.05, 0) is 32.6 Å². The monoisotopic (exact) mass is 209 g/mol. The van der Waals surface area contributed by atoms with E-state index in [0.717, 1.165) is 12.3 Å². The fraction of sp³-hybridized carbons (Fsp3) is 0.923. The standard InChI is InChI=1S/C13H23NO/c1-4-10-7-5-6-8-13(10)9-11(15)14-12(13,2)3/h10H,4-9H2,1-3H3,(H,14,15). The number of carbonyl (C=O) groups excluding carboxylic acids is 1. The lowest BCUT2D eigenvalue weighted by atomic mass is 9.57. The van der Waals surface area contributed by atoms with Crippen molar-refractivity contribution in [3.8, 4) is 0 Å². The molecule has 1 aliphatic carbocycles. The maximum atomic E-state index is 11.7. The predicted octanol–water partition coefficient (Wildman–Crippen LogP) is 2.87. The molecule has 1 aliphatic heterocycles. The highest BCUT2D eigenvalue weighted by Crippen LogP contribution is 2.54. The Hall–Kier alpha value is -0.530. The second-order valence-corrected chi connectivity index (χ2v) is 5.86. The van der Waals surface area contributed by atoms with Crippen molar-refractivity contribution in [3.05, 3.63) is 0 Å². The third-order valence-corrected chi connectivity index (χ3v) is 4.87. The molecule has 1 saturated carbocycles. The topological polar surface area (TPSA) is 29.1 Å². The first-order valence-corrected chi connectivity index (χ1v) is 6.33. The summed E-state index contributed by atoms with van der Waals surface area (Å²) in [5.41, 5.74) is 0.252. The summed E-state index contributed by atoms with van der Waals surface area (Å²) < 4.78 is 0. The average molecular weight is 209 g/mol. The number of hydrogen-bond donors (Lipinski definition) is 1. The highest BCUT2D eigenvalue weighted by atomic mass is 16.2. The van der Waals surface area contributed by atoms with Gasteiger partial charge in [0.25, 0.3) is 0 Å². The van der Waals surface area contributed by atoms with Crippen LogP contribution in [0.5, 0.6) is 0 Å². The van der Waals surface area contributed by atoms with Crippen molar-refractivity contribution >= 4 is 5.91 Å². The van der Waals surface area contributed by atoms with Gasteiger partial charge in [-0.15, -0.1) is 0 Å². The van der Waals surface area contributed by atoms with Gasteiger partial charge in [0.15, 0.2) is 0 Å². The van der Waals surface area contributed by atoms with Gasteiger partial charge in [0.05, 0.1) is 0 Å². The van der Waals surface area contributed by atoms with Gasteiger partial charge < -0.3 is 5.32 Å². The molecule has 0 aromatic heterocycles. The molecule has 1 spiro atoms. The molecule has 2 rings (SSSR count). The summed E-state index contributed by atoms with van der Waals surface area (Å²) in [6.07, 6.45) is 7.18. The Kier molecular flexibility index (Phi) is 2.56. The molecule has 0 radical (unpaired) electrons. The Morgan fingerprint density at radius 2 is 2.13 bits per heavy atom. The fourth-order valence-electron chi connectivity index (χ4n) is 3.99. The molecule has 86 valence electrons. The maximum Gasteiger partial charge on any atom is 0.221 e. The molecule has 2 unspecified atom stereocenters. The Labute approximate surface area is 92.8 Å². The van der Waals surface area contributed by atoms with E-state index in [1.807, 2.05) is 0 Å². The summed E-state index contributed by atoms with van der Waals surface area (Å²) in [6, 6.07) is 0. The van der Waals surface area contributed by atoms with Crippen LogP contribution in [-0.2, 0) is 4.79 Å². The zero-order chi connectivity index (χ0) is 11.1. The quantitative estimate of drug-likeness (QED) is 0.707. The molecular weight excluding hydrogens is 186 g/mol. The summed E-state index contributed by atoms with van der Waals surface area (Å²) in [6.45, 7) is 6.70. The number of rotatable bonds is 1. The maximum absolute atomic E-state index is 11.7. The predicted molar refractivity (Wildman–Crippen MR) is 61.5 cm³/mol. The summed E-state index contributed by atoms with van der Waals surface area (Å²) in [5.74, 6) is 1.00. The first-order chi connectivity index (χ1) is 7.02. The molecule has 0 bridgehead atoms. The molecule has 0 aromatic carbocycles. The highest BCUT2D eigenvalue weighted by Gasteiger charge is 2.56. The molecular formula is C13H23NO. The van der Waals surface area contributed by atoms with Crippen LogP contribution < -0.4 is 5.32 Å². The van der Waals surface area contributed by atoms with Crippen molar-refractivity contribution in [1.29, 1.82) is 0 Å². The second-order valence-electron chi connectivity index (χ2n) is 5.86. The lowest BCUT2D eigenvalue weighted by Gasteiger charge is -2.49. The molecule has 2 atom stereocenters. The van der Waals surface area contributed by atoms with Crippen LogP contribution in [0.15, 0.2) is 0 Å². The average Bonchev–Trinajstić information content (AvgIpc) is 2.38. The van der Waals surface area contributed by atoms with E-state index in [1.165, 1.54) is 32.1 Å². The number of hydrogen-bond acceptors (Lipinski definition) is 1. The van der Waals surface area contributed by atoms with E-state index in [0.29, 0.717) is 0 Å². The minimum absolute atomic E-state index is 0.00514. The van der Waals surface area contributed by atoms with Gasteiger partial charge in [0.2, 0.25) is 5.91 Å². The zero-order valence-electron chi connectivity index (χ0n) is 10.2. The summed E-state index contributed by atoms with van der Waals surface area (Å²) in [5, 5.41) is 3.18. The van der Waals surface area contributed by atoms with Crippen molar-refractivity contribution in [2.45, 2.75) is 64.8 Å². The minimum Gasteiger partial charge on any atom is -0.351 e. The van der Waals surface area contributed by atoms with Crippen LogP contribution in [0, 0.1) is 11.3 Å². The van der Waals surface area contributed by atoms with Gasteiger partial charge in [-0.25, -0.2) is 0 Å². The van der Waals surface area contributed by atoms with Crippen molar-refractivity contribution in [1.82, 2.24) is 5.32 Å². The third kappa shape index (κ3) is 1.49. The Bertz CT molecular complexity index is 272.